The summed E-state index contributed by atoms with van der Waals surface area (Å²) in [6.45, 7) is 5.55. The van der Waals surface area contributed by atoms with Gasteiger partial charge in [0, 0.05) is 5.56 Å². The molecule has 2 aromatic rings. The summed E-state index contributed by atoms with van der Waals surface area (Å²) in [5, 5.41) is 0. The average Bonchev–Trinajstić information content (AvgIpc) is 2.41. The van der Waals surface area contributed by atoms with E-state index < -0.39 is 0 Å². The lowest BCUT2D eigenvalue weighted by atomic mass is 10.1. The van der Waals surface area contributed by atoms with Crippen LogP contribution in [-0.2, 0) is 0 Å². The highest BCUT2D eigenvalue weighted by atomic mass is 16.5. The molecule has 98 valence electrons. The number of aryl methyl sites for hydroxylation is 1. The van der Waals surface area contributed by atoms with Gasteiger partial charge in [-0.2, -0.15) is 0 Å². The molecule has 0 aromatic heterocycles. The molecule has 0 spiro atoms. The van der Waals surface area contributed by atoms with Crippen LogP contribution in [0.5, 0.6) is 5.75 Å². The van der Waals surface area contributed by atoms with E-state index in [0.717, 1.165) is 22.4 Å². The van der Waals surface area contributed by atoms with Crippen molar-refractivity contribution in [2.45, 2.75) is 26.9 Å². The number of rotatable bonds is 4. The molecule has 0 N–H and O–H groups in total. The van der Waals surface area contributed by atoms with E-state index in [1.54, 1.807) is 6.92 Å². The Labute approximate surface area is 114 Å². The molecule has 2 aromatic carbocycles. The minimum Gasteiger partial charge on any atom is -0.486 e. The topological polar surface area (TPSA) is 26.3 Å². The molecule has 0 radical (unpaired) electrons. The highest BCUT2D eigenvalue weighted by molar-refractivity contribution is 5.94. The number of Topliss-reactive ketones (excluding diaryl/α,β-unsaturated/α-hetero) is 1. The quantitative estimate of drug-likeness (QED) is 0.759. The fraction of sp³-hybridized carbons (Fsp3) is 0.235. The largest absolute Gasteiger partial charge is 0.486 e. The van der Waals surface area contributed by atoms with Crippen LogP contribution in [0.25, 0.3) is 0 Å². The fourth-order valence-electron chi connectivity index (χ4n) is 1.98. The molecule has 0 heterocycles. The van der Waals surface area contributed by atoms with Crippen molar-refractivity contribution in [1.82, 2.24) is 0 Å². The van der Waals surface area contributed by atoms with E-state index in [9.17, 15) is 4.79 Å². The first-order chi connectivity index (χ1) is 9.08. The van der Waals surface area contributed by atoms with Crippen molar-refractivity contribution in [3.8, 4) is 5.75 Å². The van der Waals surface area contributed by atoms with E-state index in [-0.39, 0.29) is 11.9 Å². The summed E-state index contributed by atoms with van der Waals surface area (Å²) in [6.07, 6.45) is -0.0110. The summed E-state index contributed by atoms with van der Waals surface area (Å²) in [7, 11) is 0. The minimum absolute atomic E-state index is 0.0110. The van der Waals surface area contributed by atoms with Crippen molar-refractivity contribution in [2.24, 2.45) is 0 Å². The molecule has 0 aliphatic carbocycles. The van der Waals surface area contributed by atoms with Gasteiger partial charge < -0.3 is 4.74 Å². The molecule has 0 bridgehead atoms. The van der Waals surface area contributed by atoms with Gasteiger partial charge in [-0.15, -0.1) is 0 Å². The Kier molecular flexibility index (Phi) is 4.00. The zero-order valence-corrected chi connectivity index (χ0v) is 11.5. The van der Waals surface area contributed by atoms with Crippen LogP contribution in [0.2, 0.25) is 0 Å². The van der Waals surface area contributed by atoms with Crippen LogP contribution < -0.4 is 4.74 Å². The van der Waals surface area contributed by atoms with Gasteiger partial charge in [0.05, 0.1) is 0 Å². The van der Waals surface area contributed by atoms with Gasteiger partial charge in [0.15, 0.2) is 5.78 Å². The van der Waals surface area contributed by atoms with Crippen molar-refractivity contribution < 1.29 is 9.53 Å². The Hall–Kier alpha value is -2.09. The highest BCUT2D eigenvalue weighted by Gasteiger charge is 2.09. The molecule has 0 saturated carbocycles. The second-order valence-corrected chi connectivity index (χ2v) is 4.71. The first-order valence-electron chi connectivity index (χ1n) is 6.41. The number of hydrogen-bond acceptors (Lipinski definition) is 2. The van der Waals surface area contributed by atoms with Gasteiger partial charge in [0.1, 0.15) is 11.9 Å². The SMILES string of the molecule is CC(=O)c1ccc(OC(C)c2ccccc2)c(C)c1. The van der Waals surface area contributed by atoms with Crippen molar-refractivity contribution in [1.29, 1.82) is 0 Å². The number of ether oxygens (including phenoxy) is 1. The molecule has 2 rings (SSSR count). The normalized spacial score (nSPS) is 11.9. The van der Waals surface area contributed by atoms with E-state index in [0.29, 0.717) is 0 Å². The maximum absolute atomic E-state index is 11.3. The number of carbonyl (C=O) groups excluding carboxylic acids is 1. The average molecular weight is 254 g/mol. The lowest BCUT2D eigenvalue weighted by molar-refractivity contribution is 0.101. The lowest BCUT2D eigenvalue weighted by Crippen LogP contribution is -2.04. The monoisotopic (exact) mass is 254 g/mol. The summed E-state index contributed by atoms with van der Waals surface area (Å²) in [5.41, 5.74) is 2.84. The number of benzene rings is 2. The van der Waals surface area contributed by atoms with Crippen LogP contribution in [0.3, 0.4) is 0 Å². The van der Waals surface area contributed by atoms with Crippen molar-refractivity contribution in [2.75, 3.05) is 0 Å². The smallest absolute Gasteiger partial charge is 0.159 e. The third-order valence-corrected chi connectivity index (χ3v) is 3.15. The third-order valence-electron chi connectivity index (χ3n) is 3.15. The van der Waals surface area contributed by atoms with Crippen molar-refractivity contribution in [3.05, 3.63) is 65.2 Å². The summed E-state index contributed by atoms with van der Waals surface area (Å²) < 4.78 is 5.95. The van der Waals surface area contributed by atoms with E-state index in [1.807, 2.05) is 62.4 Å². The molecule has 19 heavy (non-hydrogen) atoms. The molecule has 2 nitrogen and oxygen atoms in total. The van der Waals surface area contributed by atoms with Gasteiger partial charge in [-0.3, -0.25) is 4.79 Å². The van der Waals surface area contributed by atoms with Gasteiger partial charge >= 0.3 is 0 Å². The zero-order chi connectivity index (χ0) is 13.8. The number of carbonyl (C=O) groups is 1. The molecular weight excluding hydrogens is 236 g/mol. The molecular formula is C17H18O2. The second kappa shape index (κ2) is 5.70. The molecule has 2 heteroatoms. The van der Waals surface area contributed by atoms with Gasteiger partial charge in [-0.1, -0.05) is 30.3 Å². The first kappa shape index (κ1) is 13.3. The van der Waals surface area contributed by atoms with Crippen LogP contribution in [-0.4, -0.2) is 5.78 Å². The van der Waals surface area contributed by atoms with Crippen molar-refractivity contribution >= 4 is 5.78 Å². The Balaban J connectivity index is 2.18. The van der Waals surface area contributed by atoms with Gasteiger partial charge in [0.2, 0.25) is 0 Å². The molecule has 0 saturated heterocycles. The van der Waals surface area contributed by atoms with Crippen LogP contribution in [0.4, 0.5) is 0 Å². The van der Waals surface area contributed by atoms with Gasteiger partial charge in [-0.25, -0.2) is 0 Å². The van der Waals surface area contributed by atoms with Crippen LogP contribution >= 0.6 is 0 Å². The van der Waals surface area contributed by atoms with Crippen LogP contribution in [0, 0.1) is 6.92 Å². The molecule has 0 fully saturated rings. The number of ketones is 1. The lowest BCUT2D eigenvalue weighted by Gasteiger charge is -2.17. The third kappa shape index (κ3) is 3.22. The molecule has 1 unspecified atom stereocenters. The second-order valence-electron chi connectivity index (χ2n) is 4.71. The summed E-state index contributed by atoms with van der Waals surface area (Å²) in [6, 6.07) is 15.6. The summed E-state index contributed by atoms with van der Waals surface area (Å²) >= 11 is 0. The standard InChI is InChI=1S/C17H18O2/c1-12-11-16(13(2)18)9-10-17(12)19-14(3)15-7-5-4-6-8-15/h4-11,14H,1-3H3. The van der Waals surface area contributed by atoms with Crippen LogP contribution in [0.1, 0.15) is 41.4 Å². The predicted molar refractivity (Wildman–Crippen MR) is 76.7 cm³/mol. The van der Waals surface area contributed by atoms with Crippen LogP contribution in [0.15, 0.2) is 48.5 Å². The highest BCUT2D eigenvalue weighted by Crippen LogP contribution is 2.25. The fourth-order valence-corrected chi connectivity index (χ4v) is 1.98. The first-order valence-corrected chi connectivity index (χ1v) is 6.41. The Bertz CT molecular complexity index is 573. The zero-order valence-electron chi connectivity index (χ0n) is 11.5. The summed E-state index contributed by atoms with van der Waals surface area (Å²) in [4.78, 5) is 11.3. The predicted octanol–water partition coefficient (Wildman–Crippen LogP) is 4.34. The van der Waals surface area contributed by atoms with Gasteiger partial charge in [-0.05, 0) is 50.1 Å². The molecule has 0 amide bonds. The van der Waals surface area contributed by atoms with Crippen molar-refractivity contribution in [3.63, 3.8) is 0 Å². The number of hydrogen-bond donors (Lipinski definition) is 0. The minimum atomic E-state index is -0.0110. The molecule has 0 aliphatic heterocycles. The summed E-state index contributed by atoms with van der Waals surface area (Å²) in [5.74, 6) is 0.895. The Morgan fingerprint density at radius 1 is 1.11 bits per heavy atom. The molecule has 1 atom stereocenters. The Morgan fingerprint density at radius 2 is 1.79 bits per heavy atom. The van der Waals surface area contributed by atoms with E-state index in [1.165, 1.54) is 0 Å². The Morgan fingerprint density at radius 3 is 2.37 bits per heavy atom. The molecule has 0 aliphatic rings. The van der Waals surface area contributed by atoms with E-state index in [4.69, 9.17) is 4.74 Å². The van der Waals surface area contributed by atoms with E-state index >= 15 is 0 Å². The maximum atomic E-state index is 11.3. The maximum Gasteiger partial charge on any atom is 0.159 e. The van der Waals surface area contributed by atoms with Gasteiger partial charge in [0.25, 0.3) is 0 Å². The van der Waals surface area contributed by atoms with E-state index in [2.05, 4.69) is 0 Å².